The fraction of sp³-hybridized carbons (Fsp3) is 0.333. The van der Waals surface area contributed by atoms with E-state index in [0.29, 0.717) is 11.8 Å². The molecule has 1 aromatic heterocycles. The van der Waals surface area contributed by atoms with Crippen LogP contribution in [0.25, 0.3) is 0 Å². The first kappa shape index (κ1) is 14.1. The highest BCUT2D eigenvalue weighted by atomic mass is 127. The predicted molar refractivity (Wildman–Crippen MR) is 87.5 cm³/mol. The zero-order valence-electron chi connectivity index (χ0n) is 11.1. The number of para-hydroxylation sites is 1. The molecule has 1 unspecified atom stereocenters. The molecule has 0 bridgehead atoms. The second kappa shape index (κ2) is 5.85. The largest absolute Gasteiger partial charge is 0.492 e. The predicted octanol–water partition coefficient (Wildman–Crippen LogP) is 4.21. The van der Waals surface area contributed by atoms with Crippen molar-refractivity contribution in [2.24, 2.45) is 0 Å². The van der Waals surface area contributed by atoms with E-state index in [2.05, 4.69) is 40.6 Å². The highest BCUT2D eigenvalue weighted by Crippen LogP contribution is 2.37. The zero-order chi connectivity index (χ0) is 14.1. The van der Waals surface area contributed by atoms with E-state index in [1.54, 1.807) is 0 Å². The monoisotopic (exact) mass is 400 g/mol. The number of benzene rings is 1. The van der Waals surface area contributed by atoms with Crippen LogP contribution < -0.4 is 4.74 Å². The number of rotatable bonds is 3. The molecule has 1 aliphatic rings. The first-order valence-corrected chi connectivity index (χ1v) is 8.10. The summed E-state index contributed by atoms with van der Waals surface area (Å²) in [5.41, 5.74) is 2.18. The van der Waals surface area contributed by atoms with E-state index in [4.69, 9.17) is 21.3 Å². The minimum absolute atomic E-state index is 0.0799. The quantitative estimate of drug-likeness (QED) is 0.572. The van der Waals surface area contributed by atoms with E-state index in [0.717, 1.165) is 39.2 Å². The van der Waals surface area contributed by atoms with E-state index in [-0.39, 0.29) is 5.92 Å². The Kier molecular flexibility index (Phi) is 4.12. The Hall–Kier alpha value is -0.880. The summed E-state index contributed by atoms with van der Waals surface area (Å²) in [5, 5.41) is 0.545. The summed E-state index contributed by atoms with van der Waals surface area (Å²) < 4.78 is 6.67. The molecule has 1 aromatic carbocycles. The molecule has 20 heavy (non-hydrogen) atoms. The van der Waals surface area contributed by atoms with Crippen LogP contribution in [0.3, 0.4) is 0 Å². The molecule has 3 nitrogen and oxygen atoms in total. The maximum atomic E-state index is 6.26. The van der Waals surface area contributed by atoms with Gasteiger partial charge < -0.3 is 4.74 Å². The van der Waals surface area contributed by atoms with Crippen molar-refractivity contribution in [3.8, 4) is 5.75 Å². The van der Waals surface area contributed by atoms with Gasteiger partial charge in [-0.2, -0.15) is 0 Å². The van der Waals surface area contributed by atoms with Gasteiger partial charge in [-0.3, -0.25) is 0 Å². The first-order valence-electron chi connectivity index (χ1n) is 6.64. The summed E-state index contributed by atoms with van der Waals surface area (Å²) in [6.07, 6.45) is 1.96. The summed E-state index contributed by atoms with van der Waals surface area (Å²) in [7, 11) is 0. The zero-order valence-corrected chi connectivity index (χ0v) is 14.0. The van der Waals surface area contributed by atoms with Crippen molar-refractivity contribution in [1.29, 1.82) is 0 Å². The van der Waals surface area contributed by atoms with E-state index in [1.165, 1.54) is 0 Å². The molecule has 0 radical (unpaired) electrons. The molecule has 5 heteroatoms. The topological polar surface area (TPSA) is 35.0 Å². The lowest BCUT2D eigenvalue weighted by Gasteiger charge is -2.11. The van der Waals surface area contributed by atoms with Gasteiger partial charge in [0, 0.05) is 5.56 Å². The molecular formula is C15H14ClIN2O. The Morgan fingerprint density at radius 1 is 1.35 bits per heavy atom. The second-order valence-corrected chi connectivity index (χ2v) is 6.22. The second-order valence-electron chi connectivity index (χ2n) is 4.78. The number of hydrogen-bond acceptors (Lipinski definition) is 3. The molecule has 1 aliphatic heterocycles. The fourth-order valence-electron chi connectivity index (χ4n) is 2.42. The van der Waals surface area contributed by atoms with Crippen LogP contribution in [0.1, 0.15) is 36.3 Å². The van der Waals surface area contributed by atoms with Crippen molar-refractivity contribution >= 4 is 34.2 Å². The minimum Gasteiger partial charge on any atom is -0.492 e. The van der Waals surface area contributed by atoms with Gasteiger partial charge in [0.2, 0.25) is 0 Å². The number of ether oxygens (including phenoxy) is 1. The molecule has 1 atom stereocenters. The maximum Gasteiger partial charge on any atom is 0.146 e. The van der Waals surface area contributed by atoms with E-state index in [1.807, 2.05) is 18.2 Å². The lowest BCUT2D eigenvalue weighted by Crippen LogP contribution is -2.11. The van der Waals surface area contributed by atoms with Gasteiger partial charge in [0.15, 0.2) is 0 Å². The van der Waals surface area contributed by atoms with Crippen molar-refractivity contribution in [3.63, 3.8) is 0 Å². The molecule has 0 saturated heterocycles. The molecule has 104 valence electrons. The van der Waals surface area contributed by atoms with Gasteiger partial charge in [-0.1, -0.05) is 43.1 Å². The molecule has 2 heterocycles. The molecule has 0 saturated carbocycles. The van der Waals surface area contributed by atoms with Crippen molar-refractivity contribution in [3.05, 3.63) is 50.1 Å². The number of nitrogens with zero attached hydrogens (tertiary/aromatic N) is 2. The molecule has 0 fully saturated rings. The Morgan fingerprint density at radius 2 is 2.15 bits per heavy atom. The van der Waals surface area contributed by atoms with Crippen LogP contribution in [-0.2, 0) is 6.42 Å². The Labute approximate surface area is 136 Å². The lowest BCUT2D eigenvalue weighted by molar-refractivity contribution is 0.339. The molecule has 0 aliphatic carbocycles. The summed E-state index contributed by atoms with van der Waals surface area (Å²) in [4.78, 5) is 9.18. The van der Waals surface area contributed by atoms with Gasteiger partial charge in [-0.25, -0.2) is 9.97 Å². The number of aryl methyl sites for hydroxylation is 1. The van der Waals surface area contributed by atoms with E-state index < -0.39 is 0 Å². The minimum atomic E-state index is 0.0799. The number of aromatic nitrogens is 2. The molecule has 3 rings (SSSR count). The van der Waals surface area contributed by atoms with Crippen molar-refractivity contribution in [2.75, 3.05) is 6.61 Å². The third-order valence-corrected chi connectivity index (χ3v) is 5.12. The van der Waals surface area contributed by atoms with Crippen LogP contribution in [0.4, 0.5) is 0 Å². The molecular weight excluding hydrogens is 387 g/mol. The van der Waals surface area contributed by atoms with Crippen LogP contribution >= 0.6 is 34.2 Å². The SMILES string of the molecule is CCCc1nc(C2COc3ccccc32)nc(Cl)c1I. The Balaban J connectivity index is 2.03. The van der Waals surface area contributed by atoms with Gasteiger partial charge in [0.05, 0.1) is 15.2 Å². The van der Waals surface area contributed by atoms with Crippen molar-refractivity contribution < 1.29 is 4.74 Å². The van der Waals surface area contributed by atoms with Gasteiger partial charge in [-0.05, 0) is 35.1 Å². The van der Waals surface area contributed by atoms with Gasteiger partial charge in [0.25, 0.3) is 0 Å². The summed E-state index contributed by atoms with van der Waals surface area (Å²) in [5.74, 6) is 1.77. The molecule has 2 aromatic rings. The number of halogens is 2. The van der Waals surface area contributed by atoms with Crippen molar-refractivity contribution in [2.45, 2.75) is 25.7 Å². The Morgan fingerprint density at radius 3 is 2.95 bits per heavy atom. The number of fused-ring (bicyclic) bond motifs is 1. The lowest BCUT2D eigenvalue weighted by atomic mass is 10.0. The number of hydrogen-bond donors (Lipinski definition) is 0. The third-order valence-electron chi connectivity index (χ3n) is 3.40. The van der Waals surface area contributed by atoms with Gasteiger partial charge in [-0.15, -0.1) is 0 Å². The first-order chi connectivity index (χ1) is 9.70. The Bertz CT molecular complexity index is 648. The van der Waals surface area contributed by atoms with Gasteiger partial charge >= 0.3 is 0 Å². The average molecular weight is 401 g/mol. The summed E-state index contributed by atoms with van der Waals surface area (Å²) in [6, 6.07) is 8.05. The molecule has 0 N–H and O–H groups in total. The molecule has 0 amide bonds. The summed E-state index contributed by atoms with van der Waals surface area (Å²) in [6.45, 7) is 2.72. The van der Waals surface area contributed by atoms with Crippen LogP contribution in [0, 0.1) is 3.57 Å². The van der Waals surface area contributed by atoms with Crippen LogP contribution in [0.15, 0.2) is 24.3 Å². The smallest absolute Gasteiger partial charge is 0.146 e. The van der Waals surface area contributed by atoms with Crippen molar-refractivity contribution in [1.82, 2.24) is 9.97 Å². The van der Waals surface area contributed by atoms with Crippen LogP contribution in [0.2, 0.25) is 5.15 Å². The molecule has 0 spiro atoms. The van der Waals surface area contributed by atoms with Gasteiger partial charge in [0.1, 0.15) is 23.3 Å². The average Bonchev–Trinajstić information content (AvgIpc) is 2.88. The summed E-state index contributed by atoms with van der Waals surface area (Å²) >= 11 is 8.48. The fourth-order valence-corrected chi connectivity index (χ4v) is 3.12. The normalized spacial score (nSPS) is 16.9. The van der Waals surface area contributed by atoms with E-state index in [9.17, 15) is 0 Å². The van der Waals surface area contributed by atoms with E-state index >= 15 is 0 Å². The highest BCUT2D eigenvalue weighted by Gasteiger charge is 2.28. The van der Waals surface area contributed by atoms with Crippen LogP contribution in [-0.4, -0.2) is 16.6 Å². The standard InChI is InChI=1S/C15H14ClIN2O/c1-2-5-11-13(17)14(16)19-15(18-11)10-8-20-12-7-4-3-6-9(10)12/h3-4,6-7,10H,2,5,8H2,1H3. The maximum absolute atomic E-state index is 6.26. The third kappa shape index (κ3) is 2.51. The highest BCUT2D eigenvalue weighted by molar-refractivity contribution is 14.1. The van der Waals surface area contributed by atoms with Crippen LogP contribution in [0.5, 0.6) is 5.75 Å².